The smallest absolute Gasteiger partial charge is 0.321 e. The van der Waals surface area contributed by atoms with Gasteiger partial charge in [-0.3, -0.25) is 0 Å². The van der Waals surface area contributed by atoms with Crippen molar-refractivity contribution in [3.8, 4) is 0 Å². The largest absolute Gasteiger partial charge is 0.393 e. The number of anilines is 1. The Hall–Kier alpha value is -1.26. The van der Waals surface area contributed by atoms with Gasteiger partial charge in [0.2, 0.25) is 0 Å². The maximum absolute atomic E-state index is 11.9. The molecule has 1 unspecified atom stereocenters. The van der Waals surface area contributed by atoms with Gasteiger partial charge in [0.25, 0.3) is 0 Å². The minimum Gasteiger partial charge on any atom is -0.393 e. The van der Waals surface area contributed by atoms with Crippen molar-refractivity contribution in [2.24, 2.45) is 0 Å². The van der Waals surface area contributed by atoms with Gasteiger partial charge in [0.15, 0.2) is 0 Å². The molecule has 18 heavy (non-hydrogen) atoms. The number of carbonyl (C=O) groups excluding carboxylic acids is 1. The normalized spacial score (nSPS) is 12.1. The summed E-state index contributed by atoms with van der Waals surface area (Å²) >= 11 is 5.88. The molecule has 1 aromatic rings. The molecule has 4 nitrogen and oxygen atoms in total. The second-order valence-corrected chi connectivity index (χ2v) is 4.89. The molecular formula is C13H19ClN2O2. The number of hydrogen-bond donors (Lipinski definition) is 2. The molecule has 0 spiro atoms. The summed E-state index contributed by atoms with van der Waals surface area (Å²) in [6.45, 7) is 4.11. The lowest BCUT2D eigenvalue weighted by Crippen LogP contribution is -2.33. The molecule has 1 atom stereocenters. The zero-order valence-corrected chi connectivity index (χ0v) is 11.7. The lowest BCUT2D eigenvalue weighted by molar-refractivity contribution is 0.167. The molecule has 1 aromatic carbocycles. The number of nitrogens with zero attached hydrogens (tertiary/aromatic N) is 1. The first-order valence-corrected chi connectivity index (χ1v) is 6.24. The molecule has 0 bridgehead atoms. The fraction of sp³-hybridized carbons (Fsp3) is 0.462. The maximum Gasteiger partial charge on any atom is 0.321 e. The number of aliphatic hydroxyl groups is 1. The number of nitrogens with one attached hydrogen (secondary N) is 1. The molecule has 0 aliphatic heterocycles. The van der Waals surface area contributed by atoms with E-state index in [9.17, 15) is 9.90 Å². The fourth-order valence-electron chi connectivity index (χ4n) is 1.42. The van der Waals surface area contributed by atoms with E-state index in [0.29, 0.717) is 23.7 Å². The predicted molar refractivity (Wildman–Crippen MR) is 74.1 cm³/mol. The number of hydrogen-bond acceptors (Lipinski definition) is 2. The number of aryl methyl sites for hydroxylation is 1. The molecule has 0 radical (unpaired) electrons. The van der Waals surface area contributed by atoms with Crippen LogP contribution in [0, 0.1) is 6.92 Å². The molecule has 0 fully saturated rings. The van der Waals surface area contributed by atoms with Crippen LogP contribution in [-0.4, -0.2) is 35.7 Å². The average molecular weight is 271 g/mol. The molecule has 0 saturated heterocycles. The molecule has 0 saturated carbocycles. The van der Waals surface area contributed by atoms with Crippen LogP contribution in [-0.2, 0) is 0 Å². The molecule has 0 aliphatic rings. The topological polar surface area (TPSA) is 52.6 Å². The third-order valence-electron chi connectivity index (χ3n) is 2.67. The van der Waals surface area contributed by atoms with Gasteiger partial charge in [-0.25, -0.2) is 4.79 Å². The summed E-state index contributed by atoms with van der Waals surface area (Å²) in [5, 5.41) is 12.6. The Bertz CT molecular complexity index is 421. The van der Waals surface area contributed by atoms with Crippen molar-refractivity contribution in [2.45, 2.75) is 26.4 Å². The van der Waals surface area contributed by atoms with Crippen molar-refractivity contribution < 1.29 is 9.90 Å². The maximum atomic E-state index is 11.9. The van der Waals surface area contributed by atoms with E-state index in [-0.39, 0.29) is 6.03 Å². The van der Waals surface area contributed by atoms with Crippen LogP contribution in [0.15, 0.2) is 18.2 Å². The monoisotopic (exact) mass is 270 g/mol. The Morgan fingerprint density at radius 2 is 2.22 bits per heavy atom. The Kier molecular flexibility index (Phi) is 5.44. The third-order valence-corrected chi connectivity index (χ3v) is 2.91. The summed E-state index contributed by atoms with van der Waals surface area (Å²) < 4.78 is 0. The number of aliphatic hydroxyl groups excluding tert-OH is 1. The van der Waals surface area contributed by atoms with Gasteiger partial charge in [0, 0.05) is 24.3 Å². The summed E-state index contributed by atoms with van der Waals surface area (Å²) in [5.41, 5.74) is 1.66. The number of carbonyl (C=O) groups is 1. The van der Waals surface area contributed by atoms with Crippen molar-refractivity contribution in [1.82, 2.24) is 4.90 Å². The van der Waals surface area contributed by atoms with Crippen LogP contribution in [0.5, 0.6) is 0 Å². The lowest BCUT2D eigenvalue weighted by atomic mass is 10.2. The molecular weight excluding hydrogens is 252 g/mol. The van der Waals surface area contributed by atoms with E-state index in [1.165, 1.54) is 4.90 Å². The quantitative estimate of drug-likeness (QED) is 0.884. The van der Waals surface area contributed by atoms with Crippen molar-refractivity contribution in [1.29, 1.82) is 0 Å². The van der Waals surface area contributed by atoms with Crippen LogP contribution in [0.2, 0.25) is 5.02 Å². The number of halogens is 1. The summed E-state index contributed by atoms with van der Waals surface area (Å²) in [6, 6.07) is 5.15. The minimum absolute atomic E-state index is 0.207. The Labute approximate surface area is 113 Å². The van der Waals surface area contributed by atoms with Crippen LogP contribution in [0.25, 0.3) is 0 Å². The van der Waals surface area contributed by atoms with Crippen molar-refractivity contribution >= 4 is 23.3 Å². The first-order chi connectivity index (χ1) is 8.40. The van der Waals surface area contributed by atoms with E-state index in [2.05, 4.69) is 5.32 Å². The molecule has 0 heterocycles. The zero-order chi connectivity index (χ0) is 13.7. The molecule has 5 heteroatoms. The van der Waals surface area contributed by atoms with E-state index < -0.39 is 6.10 Å². The molecule has 0 aromatic heterocycles. The van der Waals surface area contributed by atoms with E-state index in [4.69, 9.17) is 11.6 Å². The Morgan fingerprint density at radius 1 is 1.56 bits per heavy atom. The van der Waals surface area contributed by atoms with E-state index in [1.807, 2.05) is 13.0 Å². The lowest BCUT2D eigenvalue weighted by Gasteiger charge is -2.19. The van der Waals surface area contributed by atoms with Crippen LogP contribution < -0.4 is 5.32 Å². The van der Waals surface area contributed by atoms with E-state index >= 15 is 0 Å². The summed E-state index contributed by atoms with van der Waals surface area (Å²) in [4.78, 5) is 13.4. The minimum atomic E-state index is -0.409. The fourth-order valence-corrected chi connectivity index (χ4v) is 1.59. The van der Waals surface area contributed by atoms with Crippen molar-refractivity contribution in [2.75, 3.05) is 18.9 Å². The highest BCUT2D eigenvalue weighted by atomic mass is 35.5. The van der Waals surface area contributed by atoms with E-state index in [0.717, 1.165) is 5.56 Å². The standard InChI is InChI=1S/C13H19ClN2O2/c1-9-4-5-11(14)8-12(9)15-13(18)16(3)7-6-10(2)17/h4-5,8,10,17H,6-7H2,1-3H3,(H,15,18). The second kappa shape index (κ2) is 6.61. The van der Waals surface area contributed by atoms with Gasteiger partial charge in [-0.2, -0.15) is 0 Å². The van der Waals surface area contributed by atoms with Gasteiger partial charge in [-0.05, 0) is 38.0 Å². The van der Waals surface area contributed by atoms with Crippen LogP contribution in [0.1, 0.15) is 18.9 Å². The number of rotatable bonds is 4. The molecule has 2 amide bonds. The first-order valence-electron chi connectivity index (χ1n) is 5.86. The summed E-state index contributed by atoms with van der Waals surface area (Å²) in [7, 11) is 1.69. The van der Waals surface area contributed by atoms with Crippen molar-refractivity contribution in [3.05, 3.63) is 28.8 Å². The Balaban J connectivity index is 2.61. The highest BCUT2D eigenvalue weighted by molar-refractivity contribution is 6.31. The number of urea groups is 1. The first kappa shape index (κ1) is 14.8. The molecule has 1 rings (SSSR count). The average Bonchev–Trinajstić information content (AvgIpc) is 2.30. The summed E-state index contributed by atoms with van der Waals surface area (Å²) in [5.74, 6) is 0. The van der Waals surface area contributed by atoms with Crippen molar-refractivity contribution in [3.63, 3.8) is 0 Å². The van der Waals surface area contributed by atoms with Crippen LogP contribution >= 0.6 is 11.6 Å². The second-order valence-electron chi connectivity index (χ2n) is 4.45. The zero-order valence-electron chi connectivity index (χ0n) is 10.9. The van der Waals surface area contributed by atoms with Crippen LogP contribution in [0.4, 0.5) is 10.5 Å². The van der Waals surface area contributed by atoms with Gasteiger partial charge in [0.05, 0.1) is 6.10 Å². The van der Waals surface area contributed by atoms with Crippen LogP contribution in [0.3, 0.4) is 0 Å². The van der Waals surface area contributed by atoms with E-state index in [1.54, 1.807) is 26.1 Å². The number of amides is 2. The SMILES string of the molecule is Cc1ccc(Cl)cc1NC(=O)N(C)CCC(C)O. The van der Waals surface area contributed by atoms with Gasteiger partial charge in [-0.1, -0.05) is 17.7 Å². The molecule has 2 N–H and O–H groups in total. The third kappa shape index (κ3) is 4.55. The number of benzene rings is 1. The van der Waals surface area contributed by atoms with Gasteiger partial charge >= 0.3 is 6.03 Å². The predicted octanol–water partition coefficient (Wildman–Crippen LogP) is 2.88. The highest BCUT2D eigenvalue weighted by Gasteiger charge is 2.11. The van der Waals surface area contributed by atoms with Gasteiger partial charge in [-0.15, -0.1) is 0 Å². The van der Waals surface area contributed by atoms with Gasteiger partial charge < -0.3 is 15.3 Å². The van der Waals surface area contributed by atoms with Gasteiger partial charge in [0.1, 0.15) is 0 Å². The molecule has 0 aliphatic carbocycles. The summed E-state index contributed by atoms with van der Waals surface area (Å²) in [6.07, 6.45) is 0.145. The Morgan fingerprint density at radius 3 is 2.83 bits per heavy atom. The highest BCUT2D eigenvalue weighted by Crippen LogP contribution is 2.20. The molecule has 100 valence electrons.